The molecule has 0 bridgehead atoms. The second kappa shape index (κ2) is 18.8. The summed E-state index contributed by atoms with van der Waals surface area (Å²) >= 11 is 0. The highest BCUT2D eigenvalue weighted by atomic mass is 16.6. The lowest BCUT2D eigenvalue weighted by Crippen LogP contribution is -2.36. The van der Waals surface area contributed by atoms with E-state index in [1.165, 1.54) is 64.5 Å². The van der Waals surface area contributed by atoms with Gasteiger partial charge in [-0.05, 0) is 100 Å². The zero-order valence-electron chi connectivity index (χ0n) is 27.4. The van der Waals surface area contributed by atoms with Crippen LogP contribution in [0.4, 0.5) is 0 Å². The quantitative estimate of drug-likeness (QED) is 0.101. The Bertz CT molecular complexity index is 661. The molecule has 0 aromatic heterocycles. The molecule has 0 aromatic carbocycles. The van der Waals surface area contributed by atoms with Crippen LogP contribution in [0, 0.1) is 22.7 Å². The van der Waals surface area contributed by atoms with Gasteiger partial charge in [0, 0.05) is 26.1 Å². The number of carbonyl (C=O) groups excluding carboxylic acids is 1. The van der Waals surface area contributed by atoms with Crippen LogP contribution in [0.3, 0.4) is 0 Å². The van der Waals surface area contributed by atoms with Crippen LogP contribution in [0.5, 0.6) is 0 Å². The van der Waals surface area contributed by atoms with Crippen LogP contribution in [0.2, 0.25) is 0 Å². The number of piperidine rings is 2. The van der Waals surface area contributed by atoms with Crippen molar-refractivity contribution in [3.63, 3.8) is 0 Å². The number of hydrogen-bond donors (Lipinski definition) is 1. The number of rotatable bonds is 19. The highest BCUT2D eigenvalue weighted by Crippen LogP contribution is 2.28. The maximum absolute atomic E-state index is 12.1. The molecule has 6 nitrogen and oxygen atoms in total. The van der Waals surface area contributed by atoms with E-state index in [1.807, 2.05) is 0 Å². The van der Waals surface area contributed by atoms with Crippen LogP contribution >= 0.6 is 0 Å². The van der Waals surface area contributed by atoms with E-state index in [1.54, 1.807) is 0 Å². The molecular weight excluding hydrogens is 500 g/mol. The molecule has 0 radical (unpaired) electrons. The summed E-state index contributed by atoms with van der Waals surface area (Å²) in [5.41, 5.74) is 0.681. The summed E-state index contributed by atoms with van der Waals surface area (Å²) in [7, 11) is 0. The molecule has 1 N–H and O–H groups in total. The molecule has 40 heavy (non-hydrogen) atoms. The zero-order valence-corrected chi connectivity index (χ0v) is 27.4. The predicted molar refractivity (Wildman–Crippen MR) is 166 cm³/mol. The molecule has 6 heteroatoms. The van der Waals surface area contributed by atoms with Crippen LogP contribution in [0.25, 0.3) is 0 Å². The largest absolute Gasteiger partial charge is 0.466 e. The summed E-state index contributed by atoms with van der Waals surface area (Å²) in [5.74, 6) is 1.69. The molecule has 0 saturated carbocycles. The lowest BCUT2D eigenvalue weighted by Gasteiger charge is -2.34. The van der Waals surface area contributed by atoms with Crippen LogP contribution in [-0.4, -0.2) is 79.6 Å². The monoisotopic (exact) mass is 567 g/mol. The summed E-state index contributed by atoms with van der Waals surface area (Å²) in [6, 6.07) is 0. The fraction of sp³-hybridized carbons (Fsp3) is 0.971. The summed E-state index contributed by atoms with van der Waals surface area (Å²) in [6.07, 6.45) is 15.3. The minimum absolute atomic E-state index is 0.0337. The Morgan fingerprint density at radius 3 is 1.93 bits per heavy atom. The third-order valence-corrected chi connectivity index (χ3v) is 9.56. The van der Waals surface area contributed by atoms with E-state index in [0.29, 0.717) is 30.5 Å². The second-order valence-electron chi connectivity index (χ2n) is 14.9. The molecule has 0 spiro atoms. The average molecular weight is 567 g/mol. The van der Waals surface area contributed by atoms with Crippen LogP contribution < -0.4 is 0 Å². The minimum atomic E-state index is -0.619. The van der Waals surface area contributed by atoms with Gasteiger partial charge in [0.25, 0.3) is 0 Å². The van der Waals surface area contributed by atoms with Crippen molar-refractivity contribution < 1.29 is 19.4 Å². The van der Waals surface area contributed by atoms with Crippen molar-refractivity contribution >= 4 is 5.97 Å². The fourth-order valence-corrected chi connectivity index (χ4v) is 6.13. The van der Waals surface area contributed by atoms with Gasteiger partial charge in [-0.25, -0.2) is 0 Å². The highest BCUT2D eigenvalue weighted by molar-refractivity contribution is 5.69. The fourth-order valence-electron chi connectivity index (χ4n) is 6.13. The third-order valence-electron chi connectivity index (χ3n) is 9.56. The van der Waals surface area contributed by atoms with Gasteiger partial charge in [0.05, 0.1) is 13.0 Å². The van der Waals surface area contributed by atoms with Gasteiger partial charge in [-0.1, -0.05) is 67.2 Å². The van der Waals surface area contributed by atoms with Crippen LogP contribution in [0.15, 0.2) is 0 Å². The Labute approximate surface area is 247 Å². The van der Waals surface area contributed by atoms with Gasteiger partial charge in [0.15, 0.2) is 6.29 Å². The molecule has 2 aliphatic heterocycles. The first-order valence-corrected chi connectivity index (χ1v) is 16.9. The number of carbonyl (C=O) groups is 1. The van der Waals surface area contributed by atoms with Gasteiger partial charge >= 0.3 is 5.97 Å². The van der Waals surface area contributed by atoms with Crippen molar-refractivity contribution in [1.82, 2.24) is 9.80 Å². The maximum Gasteiger partial charge on any atom is 0.307 e. The Hall–Kier alpha value is -0.690. The van der Waals surface area contributed by atoms with Gasteiger partial charge in [0.2, 0.25) is 0 Å². The smallest absolute Gasteiger partial charge is 0.307 e. The van der Waals surface area contributed by atoms with Crippen molar-refractivity contribution in [1.29, 1.82) is 0 Å². The Balaban J connectivity index is 1.44. The molecule has 0 aliphatic carbocycles. The summed E-state index contributed by atoms with van der Waals surface area (Å²) in [6.45, 7) is 21.1. The highest BCUT2D eigenvalue weighted by Gasteiger charge is 2.23. The average Bonchev–Trinajstić information content (AvgIpc) is 2.92. The molecule has 0 aromatic rings. The lowest BCUT2D eigenvalue weighted by atomic mass is 9.85. The van der Waals surface area contributed by atoms with Crippen molar-refractivity contribution in [2.24, 2.45) is 22.7 Å². The van der Waals surface area contributed by atoms with E-state index >= 15 is 0 Å². The molecule has 2 heterocycles. The SMILES string of the molecule is CCC(C)(C)CCCOC(O)CCN1CCC(CCCC2CCN(CCC(=O)OCCCC(C)(C)C)CC2)CC1. The minimum Gasteiger partial charge on any atom is -0.466 e. The standard InChI is InChI=1S/C34H66N2O4/c1-7-34(5,6)20-10-28-40-32(38)18-26-36-23-15-30(16-24-36)12-8-11-29-13-21-35(22-14-29)25-17-31(37)39-27-9-19-33(2,3)4/h29-30,32,38H,7-28H2,1-6H3. The van der Waals surface area contributed by atoms with Crippen molar-refractivity contribution in [3.05, 3.63) is 0 Å². The molecular formula is C34H66N2O4. The Morgan fingerprint density at radius 1 is 0.825 bits per heavy atom. The number of aliphatic hydroxyl groups is 1. The number of nitrogens with zero attached hydrogens (tertiary/aromatic N) is 2. The van der Waals surface area contributed by atoms with E-state index in [9.17, 15) is 9.90 Å². The van der Waals surface area contributed by atoms with Gasteiger partial charge in [0.1, 0.15) is 0 Å². The van der Waals surface area contributed by atoms with Crippen LogP contribution in [0.1, 0.15) is 131 Å². The van der Waals surface area contributed by atoms with E-state index < -0.39 is 6.29 Å². The molecule has 236 valence electrons. The van der Waals surface area contributed by atoms with Gasteiger partial charge in [-0.2, -0.15) is 0 Å². The van der Waals surface area contributed by atoms with Gasteiger partial charge in [-0.3, -0.25) is 4.79 Å². The van der Waals surface area contributed by atoms with Crippen molar-refractivity contribution in [2.75, 3.05) is 52.5 Å². The molecule has 2 saturated heterocycles. The van der Waals surface area contributed by atoms with E-state index in [0.717, 1.165) is 70.1 Å². The molecule has 2 rings (SSSR count). The summed E-state index contributed by atoms with van der Waals surface area (Å²) < 4.78 is 11.1. The molecule has 0 amide bonds. The first-order valence-electron chi connectivity index (χ1n) is 16.9. The number of esters is 1. The molecule has 2 fully saturated rings. The van der Waals surface area contributed by atoms with Crippen LogP contribution in [-0.2, 0) is 14.3 Å². The lowest BCUT2D eigenvalue weighted by molar-refractivity contribution is -0.144. The maximum atomic E-state index is 12.1. The molecule has 1 atom stereocenters. The molecule has 2 aliphatic rings. The second-order valence-corrected chi connectivity index (χ2v) is 14.9. The normalized spacial score (nSPS) is 19.7. The predicted octanol–water partition coefficient (Wildman–Crippen LogP) is 7.28. The van der Waals surface area contributed by atoms with Gasteiger partial charge in [-0.15, -0.1) is 0 Å². The Kier molecular flexibility index (Phi) is 16.7. The number of ether oxygens (including phenoxy) is 2. The first-order chi connectivity index (χ1) is 19.0. The third kappa shape index (κ3) is 16.7. The van der Waals surface area contributed by atoms with E-state index in [-0.39, 0.29) is 5.97 Å². The number of likely N-dealkylation sites (tertiary alicyclic amines) is 2. The Morgan fingerprint density at radius 2 is 1.38 bits per heavy atom. The zero-order chi connectivity index (χ0) is 29.4. The van der Waals surface area contributed by atoms with Crippen molar-refractivity contribution in [3.8, 4) is 0 Å². The number of aliphatic hydroxyl groups excluding tert-OH is 1. The van der Waals surface area contributed by atoms with Crippen molar-refractivity contribution in [2.45, 2.75) is 138 Å². The van der Waals surface area contributed by atoms with Gasteiger partial charge < -0.3 is 24.4 Å². The molecule has 1 unspecified atom stereocenters. The summed E-state index contributed by atoms with van der Waals surface area (Å²) in [5, 5.41) is 10.2. The number of hydrogen-bond acceptors (Lipinski definition) is 6. The topological polar surface area (TPSA) is 62.2 Å². The van der Waals surface area contributed by atoms with E-state index in [4.69, 9.17) is 9.47 Å². The summed E-state index contributed by atoms with van der Waals surface area (Å²) in [4.78, 5) is 17.0. The van der Waals surface area contributed by atoms with E-state index in [2.05, 4.69) is 51.3 Å². The first kappa shape index (κ1) is 35.5.